The Morgan fingerprint density at radius 3 is 2.48 bits per heavy atom. The largest absolute Gasteiger partial charge is 0.496 e. The van der Waals surface area contributed by atoms with Crippen LogP contribution in [0, 0.1) is 0 Å². The first-order chi connectivity index (χ1) is 12.7. The highest BCUT2D eigenvalue weighted by molar-refractivity contribution is 9.10. The Kier molecular flexibility index (Phi) is 6.79. The number of benzene rings is 2. The summed E-state index contributed by atoms with van der Waals surface area (Å²) < 4.78 is 6.08. The Morgan fingerprint density at radius 1 is 1.19 bits per heavy atom. The van der Waals surface area contributed by atoms with Crippen LogP contribution in [-0.2, 0) is 14.4 Å². The number of carboxylic acid groups (broad SMARTS) is 2. The summed E-state index contributed by atoms with van der Waals surface area (Å²) in [6.07, 6.45) is -0.509. The number of nitrogens with one attached hydrogen (secondary N) is 1. The van der Waals surface area contributed by atoms with Gasteiger partial charge in [-0.25, -0.2) is 4.79 Å². The van der Waals surface area contributed by atoms with Gasteiger partial charge in [0.25, 0.3) is 0 Å². The number of carbonyl (C=O) groups excluding carboxylic acids is 1. The maximum Gasteiger partial charge on any atom is 0.326 e. The Bertz CT molecular complexity index is 882. The Hall–Kier alpha value is -2.61. The number of hydrogen-bond donors (Lipinski definition) is 3. The van der Waals surface area contributed by atoms with E-state index in [1.807, 2.05) is 24.3 Å². The van der Waals surface area contributed by atoms with Crippen LogP contribution in [0.2, 0.25) is 0 Å². The predicted octanol–water partition coefficient (Wildman–Crippen LogP) is 3.15. The van der Waals surface area contributed by atoms with Crippen LogP contribution in [0.25, 0.3) is 10.8 Å². The summed E-state index contributed by atoms with van der Waals surface area (Å²) in [5.74, 6) is -2.74. The minimum atomic E-state index is -1.26. The molecule has 8 heteroatoms. The van der Waals surface area contributed by atoms with Crippen molar-refractivity contribution in [2.75, 3.05) is 7.11 Å². The van der Waals surface area contributed by atoms with Gasteiger partial charge in [-0.1, -0.05) is 24.3 Å². The number of rotatable bonds is 8. The predicted molar refractivity (Wildman–Crippen MR) is 103 cm³/mol. The monoisotopic (exact) mass is 437 g/mol. The van der Waals surface area contributed by atoms with Crippen LogP contribution in [0.3, 0.4) is 0 Å². The molecule has 0 saturated carbocycles. The molecule has 2 rings (SSSR count). The van der Waals surface area contributed by atoms with E-state index in [4.69, 9.17) is 9.84 Å². The zero-order valence-corrected chi connectivity index (χ0v) is 16.4. The van der Waals surface area contributed by atoms with Gasteiger partial charge >= 0.3 is 11.9 Å². The second kappa shape index (κ2) is 8.85. The second-order valence-electron chi connectivity index (χ2n) is 6.12. The lowest BCUT2D eigenvalue weighted by Crippen LogP contribution is -2.42. The number of aliphatic carboxylic acids is 2. The van der Waals surface area contributed by atoms with E-state index in [0.717, 1.165) is 20.8 Å². The fourth-order valence-electron chi connectivity index (χ4n) is 2.69. The fourth-order valence-corrected chi connectivity index (χ4v) is 3.35. The number of carboxylic acids is 2. The third kappa shape index (κ3) is 4.97. The van der Waals surface area contributed by atoms with Gasteiger partial charge in [0, 0.05) is 6.42 Å². The number of hydrogen-bond acceptors (Lipinski definition) is 4. The number of methoxy groups -OCH3 is 1. The normalized spacial score (nSPS) is 13.0. The van der Waals surface area contributed by atoms with Crippen molar-refractivity contribution in [3.8, 4) is 5.75 Å². The molecule has 0 fully saturated rings. The van der Waals surface area contributed by atoms with Gasteiger partial charge in [0.2, 0.25) is 5.91 Å². The van der Waals surface area contributed by atoms with E-state index in [0.29, 0.717) is 5.75 Å². The Morgan fingerprint density at radius 2 is 1.89 bits per heavy atom. The van der Waals surface area contributed by atoms with Crippen molar-refractivity contribution >= 4 is 44.5 Å². The summed E-state index contributed by atoms with van der Waals surface area (Å²) in [5, 5.41) is 22.1. The first-order valence-corrected chi connectivity index (χ1v) is 9.05. The van der Waals surface area contributed by atoms with Crippen molar-refractivity contribution in [2.24, 2.45) is 0 Å². The third-order valence-electron chi connectivity index (χ3n) is 4.32. The van der Waals surface area contributed by atoms with E-state index in [-0.39, 0.29) is 12.8 Å². The van der Waals surface area contributed by atoms with Gasteiger partial charge in [-0.15, -0.1) is 0 Å². The molecule has 0 heterocycles. The Labute approximate surface area is 164 Å². The van der Waals surface area contributed by atoms with E-state index in [2.05, 4.69) is 21.2 Å². The van der Waals surface area contributed by atoms with Crippen LogP contribution in [0.4, 0.5) is 0 Å². The quantitative estimate of drug-likeness (QED) is 0.584. The molecule has 27 heavy (non-hydrogen) atoms. The second-order valence-corrected chi connectivity index (χ2v) is 6.91. The molecule has 0 bridgehead atoms. The molecule has 0 aliphatic heterocycles. The van der Waals surface area contributed by atoms with Crippen LogP contribution in [0.15, 0.2) is 34.8 Å². The van der Waals surface area contributed by atoms with Gasteiger partial charge in [-0.3, -0.25) is 9.59 Å². The number of ether oxygens (including phenoxy) is 1. The van der Waals surface area contributed by atoms with E-state index in [1.54, 1.807) is 20.1 Å². The molecule has 0 aliphatic rings. The smallest absolute Gasteiger partial charge is 0.326 e. The lowest BCUT2D eigenvalue weighted by molar-refractivity contribution is -0.143. The van der Waals surface area contributed by atoms with Crippen LogP contribution in [0.5, 0.6) is 5.75 Å². The molecule has 0 aromatic heterocycles. The first-order valence-electron chi connectivity index (χ1n) is 8.25. The molecular weight excluding hydrogens is 418 g/mol. The molecule has 0 spiro atoms. The molecule has 2 atom stereocenters. The topological polar surface area (TPSA) is 113 Å². The molecule has 1 unspecified atom stereocenters. The molecule has 144 valence electrons. The summed E-state index contributed by atoms with van der Waals surface area (Å²) in [5.41, 5.74) is 0.722. The summed E-state index contributed by atoms with van der Waals surface area (Å²) in [4.78, 5) is 34.4. The van der Waals surface area contributed by atoms with Gasteiger partial charge in [0.05, 0.1) is 17.5 Å². The lowest BCUT2D eigenvalue weighted by atomic mass is 9.96. The SMILES string of the molecule is COc1ccc2cc(C(C)C(=O)N[C@@H](CCC(=O)O)C(=O)O)ccc2c1Br. The van der Waals surface area contributed by atoms with Gasteiger partial charge in [0.15, 0.2) is 0 Å². The summed E-state index contributed by atoms with van der Waals surface area (Å²) >= 11 is 3.49. The van der Waals surface area contributed by atoms with Gasteiger partial charge in [0.1, 0.15) is 11.8 Å². The van der Waals surface area contributed by atoms with Crippen molar-refractivity contribution in [3.63, 3.8) is 0 Å². The zero-order valence-electron chi connectivity index (χ0n) is 14.9. The van der Waals surface area contributed by atoms with Crippen molar-refractivity contribution in [2.45, 2.75) is 31.7 Å². The molecule has 0 aliphatic carbocycles. The summed E-state index contributed by atoms with van der Waals surface area (Å²) in [6.45, 7) is 1.67. The lowest BCUT2D eigenvalue weighted by Gasteiger charge is -2.18. The Balaban J connectivity index is 2.20. The van der Waals surface area contributed by atoms with Gasteiger partial charge < -0.3 is 20.3 Å². The highest BCUT2D eigenvalue weighted by Gasteiger charge is 2.24. The molecule has 1 amide bonds. The standard InChI is InChI=1S/C19H20BrNO6/c1-10(18(24)21-14(19(25)26)6-8-16(22)23)11-3-5-13-12(9-11)4-7-15(27-2)17(13)20/h3-5,7,9-10,14H,6,8H2,1-2H3,(H,21,24)(H,22,23)(H,25,26)/t10?,14-/m0/s1. The van der Waals surface area contributed by atoms with E-state index < -0.39 is 29.8 Å². The van der Waals surface area contributed by atoms with Crippen LogP contribution in [0.1, 0.15) is 31.2 Å². The van der Waals surface area contributed by atoms with Gasteiger partial charge in [-0.05, 0) is 51.7 Å². The van der Waals surface area contributed by atoms with Crippen LogP contribution in [-0.4, -0.2) is 41.2 Å². The highest BCUT2D eigenvalue weighted by Crippen LogP contribution is 2.34. The minimum Gasteiger partial charge on any atom is -0.496 e. The average Bonchev–Trinajstić information content (AvgIpc) is 2.63. The average molecular weight is 438 g/mol. The third-order valence-corrected chi connectivity index (χ3v) is 5.14. The van der Waals surface area contributed by atoms with Crippen LogP contribution >= 0.6 is 15.9 Å². The number of halogens is 1. The number of carbonyl (C=O) groups is 3. The molecule has 0 radical (unpaired) electrons. The first kappa shape index (κ1) is 20.7. The zero-order chi connectivity index (χ0) is 20.1. The van der Waals surface area contributed by atoms with Crippen LogP contribution < -0.4 is 10.1 Å². The molecule has 3 N–H and O–H groups in total. The van der Waals surface area contributed by atoms with E-state index in [1.165, 1.54) is 0 Å². The fraction of sp³-hybridized carbons (Fsp3) is 0.316. The summed E-state index contributed by atoms with van der Waals surface area (Å²) in [6, 6.07) is 7.96. The molecule has 2 aromatic rings. The minimum absolute atomic E-state index is 0.173. The maximum atomic E-state index is 12.5. The van der Waals surface area contributed by atoms with E-state index in [9.17, 15) is 19.5 Å². The van der Waals surface area contributed by atoms with Crippen molar-refractivity contribution in [1.82, 2.24) is 5.32 Å². The van der Waals surface area contributed by atoms with Crippen molar-refractivity contribution in [3.05, 3.63) is 40.4 Å². The van der Waals surface area contributed by atoms with Gasteiger partial charge in [-0.2, -0.15) is 0 Å². The van der Waals surface area contributed by atoms with Crippen molar-refractivity contribution in [1.29, 1.82) is 0 Å². The number of fused-ring (bicyclic) bond motifs is 1. The summed E-state index contributed by atoms with van der Waals surface area (Å²) in [7, 11) is 1.58. The van der Waals surface area contributed by atoms with E-state index >= 15 is 0 Å². The number of amides is 1. The maximum absolute atomic E-state index is 12.5. The molecule has 0 saturated heterocycles. The molecule has 7 nitrogen and oxygen atoms in total. The molecule has 2 aromatic carbocycles. The van der Waals surface area contributed by atoms with Crippen molar-refractivity contribution < 1.29 is 29.3 Å². The highest BCUT2D eigenvalue weighted by atomic mass is 79.9. The molecular formula is C19H20BrNO6.